The molecule has 0 aliphatic carbocycles. The zero-order chi connectivity index (χ0) is 25.3. The molecule has 9 heteroatoms. The molecule has 4 rings (SSSR count). The highest BCUT2D eigenvalue weighted by atomic mass is 35.5. The minimum Gasteiger partial charge on any atom is -0.507 e. The maximum atomic E-state index is 13.3. The van der Waals surface area contributed by atoms with E-state index in [2.05, 4.69) is 9.97 Å². The number of hydrogen-bond acceptors (Lipinski definition) is 6. The average Bonchev–Trinajstić information content (AvgIpc) is 3.27. The van der Waals surface area contributed by atoms with Crippen LogP contribution < -0.4 is 0 Å². The Bertz CT molecular complexity index is 1330. The number of aliphatic hydroxyl groups excluding tert-OH is 1. The van der Waals surface area contributed by atoms with Gasteiger partial charge in [-0.05, 0) is 55.7 Å². The first-order chi connectivity index (χ1) is 16.7. The first-order valence-electron chi connectivity index (χ1n) is 11.0. The third-order valence-corrected chi connectivity index (χ3v) is 6.21. The molecule has 2 aromatic heterocycles. The Morgan fingerprint density at radius 3 is 2.54 bits per heavy atom. The SMILES string of the molecule is CCOC(=O)c1[nH]c(C)c(/C(O)=C2\C(=O)C(=O)N(Cc3cccnc3)C2c2ccc(Cl)cc2)c1C. The van der Waals surface area contributed by atoms with Crippen LogP contribution in [-0.2, 0) is 20.9 Å². The van der Waals surface area contributed by atoms with E-state index in [9.17, 15) is 19.5 Å². The Morgan fingerprint density at radius 2 is 1.91 bits per heavy atom. The van der Waals surface area contributed by atoms with Crippen molar-refractivity contribution in [1.29, 1.82) is 0 Å². The molecule has 1 amide bonds. The molecule has 8 nitrogen and oxygen atoms in total. The molecule has 1 aromatic carbocycles. The number of nitrogens with zero attached hydrogens (tertiary/aromatic N) is 2. The summed E-state index contributed by atoms with van der Waals surface area (Å²) in [6, 6.07) is 9.42. The van der Waals surface area contributed by atoms with Crippen LogP contribution in [0.5, 0.6) is 0 Å². The Labute approximate surface area is 207 Å². The second kappa shape index (κ2) is 9.76. The van der Waals surface area contributed by atoms with E-state index >= 15 is 0 Å². The molecule has 0 spiro atoms. The second-order valence-electron chi connectivity index (χ2n) is 8.19. The van der Waals surface area contributed by atoms with Crippen LogP contribution in [0.25, 0.3) is 5.76 Å². The van der Waals surface area contributed by atoms with Gasteiger partial charge >= 0.3 is 5.97 Å². The van der Waals surface area contributed by atoms with Crippen molar-refractivity contribution in [3.63, 3.8) is 0 Å². The molecule has 3 aromatic rings. The number of aryl methyl sites for hydroxylation is 1. The van der Waals surface area contributed by atoms with Gasteiger partial charge in [0.2, 0.25) is 0 Å². The number of aliphatic hydroxyl groups is 1. The van der Waals surface area contributed by atoms with Gasteiger partial charge in [0.15, 0.2) is 0 Å². The van der Waals surface area contributed by atoms with E-state index in [1.165, 1.54) is 4.90 Å². The number of carbonyl (C=O) groups is 3. The molecular formula is C26H24ClN3O5. The lowest BCUT2D eigenvalue weighted by Gasteiger charge is -2.25. The van der Waals surface area contributed by atoms with E-state index in [-0.39, 0.29) is 35.7 Å². The average molecular weight is 494 g/mol. The maximum absolute atomic E-state index is 13.3. The third-order valence-electron chi connectivity index (χ3n) is 5.96. The van der Waals surface area contributed by atoms with E-state index in [0.29, 0.717) is 21.8 Å². The summed E-state index contributed by atoms with van der Waals surface area (Å²) in [5.74, 6) is -2.49. The fourth-order valence-electron chi connectivity index (χ4n) is 4.37. The quantitative estimate of drug-likeness (QED) is 0.226. The third kappa shape index (κ3) is 4.44. The minimum atomic E-state index is -0.868. The Kier molecular flexibility index (Phi) is 6.75. The highest BCUT2D eigenvalue weighted by molar-refractivity contribution is 6.46. The molecule has 0 radical (unpaired) electrons. The standard InChI is InChI=1S/C26H24ClN3O5/c1-4-35-26(34)21-14(2)19(15(3)29-21)23(31)20-22(17-7-9-18(27)10-8-17)30(25(33)24(20)32)13-16-6-5-11-28-12-16/h5-12,22,29,31H,4,13H2,1-3H3/b23-20+. The summed E-state index contributed by atoms with van der Waals surface area (Å²) in [5.41, 5.74) is 2.62. The van der Waals surface area contributed by atoms with Crippen molar-refractivity contribution in [3.05, 3.63) is 93.0 Å². The number of aromatic amines is 1. The zero-order valence-electron chi connectivity index (χ0n) is 19.5. The fourth-order valence-corrected chi connectivity index (χ4v) is 4.50. The monoisotopic (exact) mass is 493 g/mol. The van der Waals surface area contributed by atoms with Crippen molar-refractivity contribution in [2.24, 2.45) is 0 Å². The molecule has 1 saturated heterocycles. The van der Waals surface area contributed by atoms with Gasteiger partial charge in [0.1, 0.15) is 11.5 Å². The number of rotatable bonds is 6. The van der Waals surface area contributed by atoms with Crippen LogP contribution in [0, 0.1) is 13.8 Å². The molecule has 0 bridgehead atoms. The minimum absolute atomic E-state index is 0.0678. The molecule has 1 aliphatic heterocycles. The Morgan fingerprint density at radius 1 is 1.20 bits per heavy atom. The first-order valence-corrected chi connectivity index (χ1v) is 11.4. The number of esters is 1. The normalized spacial score (nSPS) is 17.1. The number of hydrogen-bond donors (Lipinski definition) is 2. The number of likely N-dealkylation sites (tertiary alicyclic amines) is 1. The molecule has 1 fully saturated rings. The number of benzene rings is 1. The van der Waals surface area contributed by atoms with Crippen molar-refractivity contribution >= 4 is 35.0 Å². The number of pyridine rings is 1. The summed E-state index contributed by atoms with van der Waals surface area (Å²) in [7, 11) is 0. The van der Waals surface area contributed by atoms with Crippen LogP contribution in [0.4, 0.5) is 0 Å². The van der Waals surface area contributed by atoms with Gasteiger partial charge in [-0.1, -0.05) is 29.8 Å². The van der Waals surface area contributed by atoms with E-state index in [0.717, 1.165) is 5.56 Å². The maximum Gasteiger partial charge on any atom is 0.355 e. The van der Waals surface area contributed by atoms with E-state index in [1.807, 2.05) is 0 Å². The van der Waals surface area contributed by atoms with Gasteiger partial charge in [-0.15, -0.1) is 0 Å². The number of ketones is 1. The van der Waals surface area contributed by atoms with E-state index < -0.39 is 23.7 Å². The number of ether oxygens (including phenoxy) is 1. The van der Waals surface area contributed by atoms with Gasteiger partial charge in [0.05, 0.1) is 18.2 Å². The van der Waals surface area contributed by atoms with Crippen LogP contribution >= 0.6 is 11.6 Å². The number of nitrogens with one attached hydrogen (secondary N) is 1. The lowest BCUT2D eigenvalue weighted by molar-refractivity contribution is -0.140. The van der Waals surface area contributed by atoms with Crippen molar-refractivity contribution < 1.29 is 24.2 Å². The van der Waals surface area contributed by atoms with Gasteiger partial charge in [-0.3, -0.25) is 14.6 Å². The van der Waals surface area contributed by atoms with Gasteiger partial charge in [-0.25, -0.2) is 4.79 Å². The van der Waals surface area contributed by atoms with E-state index in [4.69, 9.17) is 16.3 Å². The van der Waals surface area contributed by atoms with Crippen molar-refractivity contribution in [3.8, 4) is 0 Å². The summed E-state index contributed by atoms with van der Waals surface area (Å²) in [6.07, 6.45) is 3.23. The van der Waals surface area contributed by atoms with Crippen LogP contribution in [0.1, 0.15) is 51.4 Å². The summed E-state index contributed by atoms with van der Waals surface area (Å²) in [5, 5.41) is 11.9. The van der Waals surface area contributed by atoms with Crippen LogP contribution in [0.3, 0.4) is 0 Å². The number of halogens is 1. The molecule has 1 unspecified atom stereocenters. The predicted octanol–water partition coefficient (Wildman–Crippen LogP) is 4.48. The van der Waals surface area contributed by atoms with Crippen molar-refractivity contribution in [2.45, 2.75) is 33.4 Å². The molecule has 0 saturated carbocycles. The van der Waals surface area contributed by atoms with Gasteiger partial charge in [-0.2, -0.15) is 0 Å². The van der Waals surface area contributed by atoms with Crippen LogP contribution in [0.15, 0.2) is 54.4 Å². The smallest absolute Gasteiger partial charge is 0.355 e. The summed E-state index contributed by atoms with van der Waals surface area (Å²) in [4.78, 5) is 47.3. The predicted molar refractivity (Wildman–Crippen MR) is 130 cm³/mol. The highest BCUT2D eigenvalue weighted by Gasteiger charge is 2.46. The van der Waals surface area contributed by atoms with Gasteiger partial charge in [0, 0.05) is 35.2 Å². The zero-order valence-corrected chi connectivity index (χ0v) is 20.2. The van der Waals surface area contributed by atoms with Crippen molar-refractivity contribution in [1.82, 2.24) is 14.9 Å². The largest absolute Gasteiger partial charge is 0.507 e. The summed E-state index contributed by atoms with van der Waals surface area (Å²) >= 11 is 6.07. The molecule has 2 N–H and O–H groups in total. The highest BCUT2D eigenvalue weighted by Crippen LogP contribution is 2.41. The molecule has 35 heavy (non-hydrogen) atoms. The molecule has 3 heterocycles. The number of H-pyrrole nitrogens is 1. The molecular weight excluding hydrogens is 470 g/mol. The fraction of sp³-hybridized carbons (Fsp3) is 0.231. The summed E-state index contributed by atoms with van der Waals surface area (Å²) in [6.45, 7) is 5.32. The van der Waals surface area contributed by atoms with Gasteiger partial charge in [0.25, 0.3) is 11.7 Å². The van der Waals surface area contributed by atoms with Crippen LogP contribution in [-0.4, -0.2) is 44.2 Å². The second-order valence-corrected chi connectivity index (χ2v) is 8.62. The lowest BCUT2D eigenvalue weighted by atomic mass is 9.94. The molecule has 1 aliphatic rings. The Balaban J connectivity index is 1.89. The number of amides is 1. The topological polar surface area (TPSA) is 113 Å². The molecule has 180 valence electrons. The first kappa shape index (κ1) is 24.2. The van der Waals surface area contributed by atoms with E-state index in [1.54, 1.807) is 69.6 Å². The number of Topliss-reactive ketones (excluding diaryl/α,β-unsaturated/α-hetero) is 1. The van der Waals surface area contributed by atoms with Crippen LogP contribution in [0.2, 0.25) is 5.02 Å². The van der Waals surface area contributed by atoms with Gasteiger partial charge < -0.3 is 19.7 Å². The van der Waals surface area contributed by atoms with Crippen molar-refractivity contribution in [2.75, 3.05) is 6.61 Å². The lowest BCUT2D eigenvalue weighted by Crippen LogP contribution is -2.29. The number of carbonyl (C=O) groups excluding carboxylic acids is 3. The Hall–Kier alpha value is -3.91. The number of aromatic nitrogens is 2. The summed E-state index contributed by atoms with van der Waals surface area (Å²) < 4.78 is 5.09. The molecule has 1 atom stereocenters.